The Balaban J connectivity index is 1.50. The summed E-state index contributed by atoms with van der Waals surface area (Å²) in [6.07, 6.45) is 2.46. The van der Waals surface area contributed by atoms with Gasteiger partial charge in [0, 0.05) is 25.2 Å². The molecule has 0 aliphatic carbocycles. The highest BCUT2D eigenvalue weighted by molar-refractivity contribution is 5.76. The molecule has 1 aliphatic heterocycles. The van der Waals surface area contributed by atoms with Gasteiger partial charge in [-0.1, -0.05) is 5.16 Å². The van der Waals surface area contributed by atoms with Gasteiger partial charge in [-0.15, -0.1) is 0 Å². The van der Waals surface area contributed by atoms with Gasteiger partial charge in [-0.05, 0) is 43.0 Å². The number of carbonyl (C=O) groups is 1. The molecule has 1 fully saturated rings. The highest BCUT2D eigenvalue weighted by atomic mass is 19.1. The number of hydrogen-bond donors (Lipinski definition) is 1. The monoisotopic (exact) mass is 319 g/mol. The number of ether oxygens (including phenoxy) is 1. The van der Waals surface area contributed by atoms with Crippen LogP contribution in [0.2, 0.25) is 0 Å². The van der Waals surface area contributed by atoms with Crippen LogP contribution < -0.4 is 5.32 Å². The topological polar surface area (TPSA) is 77.2 Å². The minimum absolute atomic E-state index is 0.0537. The molecule has 0 unspecified atom stereocenters. The molecule has 1 atom stereocenters. The predicted octanol–water partition coefficient (Wildman–Crippen LogP) is 2.31. The fraction of sp³-hybridized carbons (Fsp3) is 0.438. The minimum Gasteiger partial charge on any atom is -0.381 e. The van der Waals surface area contributed by atoms with Crippen molar-refractivity contribution in [1.29, 1.82) is 0 Å². The Morgan fingerprint density at radius 3 is 2.91 bits per heavy atom. The molecular formula is C16H18FN3O3. The van der Waals surface area contributed by atoms with Crippen LogP contribution >= 0.6 is 0 Å². The Labute approximate surface area is 133 Å². The van der Waals surface area contributed by atoms with Crippen molar-refractivity contribution in [3.63, 3.8) is 0 Å². The molecule has 6 nitrogen and oxygen atoms in total. The third-order valence-electron chi connectivity index (χ3n) is 3.74. The summed E-state index contributed by atoms with van der Waals surface area (Å²) in [7, 11) is 0. The van der Waals surface area contributed by atoms with Gasteiger partial charge in [0.15, 0.2) is 0 Å². The number of carbonyl (C=O) groups excluding carboxylic acids is 1. The molecule has 1 amide bonds. The van der Waals surface area contributed by atoms with Gasteiger partial charge in [0.05, 0.1) is 6.54 Å². The maximum Gasteiger partial charge on any atom is 0.246 e. The Hall–Kier alpha value is -2.28. The first-order valence-corrected chi connectivity index (χ1v) is 7.63. The first kappa shape index (κ1) is 15.6. The first-order chi connectivity index (χ1) is 11.2. The summed E-state index contributed by atoms with van der Waals surface area (Å²) >= 11 is 0. The van der Waals surface area contributed by atoms with Crippen LogP contribution in [0.25, 0.3) is 11.4 Å². The van der Waals surface area contributed by atoms with Crippen molar-refractivity contribution in [1.82, 2.24) is 15.5 Å². The Morgan fingerprint density at radius 2 is 2.17 bits per heavy atom. The lowest BCUT2D eigenvalue weighted by molar-refractivity contribution is -0.123. The van der Waals surface area contributed by atoms with E-state index in [1.54, 1.807) is 12.1 Å². The van der Waals surface area contributed by atoms with Crippen LogP contribution in [-0.2, 0) is 16.1 Å². The van der Waals surface area contributed by atoms with E-state index in [0.29, 0.717) is 30.3 Å². The van der Waals surface area contributed by atoms with Crippen LogP contribution in [0.3, 0.4) is 0 Å². The molecule has 7 heteroatoms. The maximum atomic E-state index is 12.9. The molecule has 3 rings (SSSR count). The van der Waals surface area contributed by atoms with Crippen LogP contribution in [0.15, 0.2) is 28.8 Å². The number of rotatable bonds is 5. The van der Waals surface area contributed by atoms with Gasteiger partial charge in [-0.2, -0.15) is 4.98 Å². The Kier molecular flexibility index (Phi) is 4.97. The predicted molar refractivity (Wildman–Crippen MR) is 79.7 cm³/mol. The van der Waals surface area contributed by atoms with Crippen LogP contribution in [0.5, 0.6) is 0 Å². The number of hydrogen-bond acceptors (Lipinski definition) is 5. The fourth-order valence-electron chi connectivity index (χ4n) is 2.52. The van der Waals surface area contributed by atoms with Crippen molar-refractivity contribution in [2.45, 2.75) is 25.8 Å². The average molecular weight is 319 g/mol. The molecule has 1 aromatic carbocycles. The van der Waals surface area contributed by atoms with Crippen LogP contribution in [-0.4, -0.2) is 29.3 Å². The van der Waals surface area contributed by atoms with Crippen molar-refractivity contribution in [3.05, 3.63) is 36.0 Å². The lowest BCUT2D eigenvalue weighted by Crippen LogP contribution is -2.28. The highest BCUT2D eigenvalue weighted by Gasteiger charge is 2.18. The van der Waals surface area contributed by atoms with E-state index in [9.17, 15) is 9.18 Å². The number of benzene rings is 1. The molecule has 1 saturated heterocycles. The second-order valence-electron chi connectivity index (χ2n) is 5.58. The van der Waals surface area contributed by atoms with E-state index in [2.05, 4.69) is 15.5 Å². The quantitative estimate of drug-likeness (QED) is 0.915. The SMILES string of the molecule is O=C(C[C@H]1CCCOC1)NCc1nc(-c2ccc(F)cc2)no1. The zero-order valence-corrected chi connectivity index (χ0v) is 12.6. The molecule has 0 bridgehead atoms. The zero-order valence-electron chi connectivity index (χ0n) is 12.6. The van der Waals surface area contributed by atoms with E-state index in [-0.39, 0.29) is 24.2 Å². The van der Waals surface area contributed by atoms with Gasteiger partial charge in [-0.25, -0.2) is 4.39 Å². The molecule has 1 N–H and O–H groups in total. The largest absolute Gasteiger partial charge is 0.381 e. The van der Waals surface area contributed by atoms with Gasteiger partial charge in [-0.3, -0.25) is 4.79 Å². The summed E-state index contributed by atoms with van der Waals surface area (Å²) in [5.74, 6) is 0.590. The molecular weight excluding hydrogens is 301 g/mol. The molecule has 1 aromatic heterocycles. The van der Waals surface area contributed by atoms with E-state index in [4.69, 9.17) is 9.26 Å². The third kappa shape index (κ3) is 4.35. The normalized spacial score (nSPS) is 17.9. The van der Waals surface area contributed by atoms with Crippen molar-refractivity contribution in [3.8, 4) is 11.4 Å². The minimum atomic E-state index is -0.323. The van der Waals surface area contributed by atoms with E-state index in [1.807, 2.05) is 0 Å². The van der Waals surface area contributed by atoms with E-state index >= 15 is 0 Å². The second kappa shape index (κ2) is 7.32. The molecule has 122 valence electrons. The smallest absolute Gasteiger partial charge is 0.246 e. The third-order valence-corrected chi connectivity index (χ3v) is 3.74. The summed E-state index contributed by atoms with van der Waals surface area (Å²) < 4.78 is 23.3. The van der Waals surface area contributed by atoms with E-state index in [0.717, 1.165) is 19.4 Å². The number of halogens is 1. The molecule has 23 heavy (non-hydrogen) atoms. The van der Waals surface area contributed by atoms with Crippen molar-refractivity contribution in [2.24, 2.45) is 5.92 Å². The summed E-state index contributed by atoms with van der Waals surface area (Å²) in [6, 6.07) is 5.82. The average Bonchev–Trinajstić information content (AvgIpc) is 3.04. The molecule has 0 saturated carbocycles. The number of nitrogens with one attached hydrogen (secondary N) is 1. The van der Waals surface area contributed by atoms with Crippen molar-refractivity contribution in [2.75, 3.05) is 13.2 Å². The Bertz CT molecular complexity index is 651. The van der Waals surface area contributed by atoms with Gasteiger partial charge >= 0.3 is 0 Å². The van der Waals surface area contributed by atoms with Crippen molar-refractivity contribution < 1.29 is 18.4 Å². The molecule has 2 aromatic rings. The van der Waals surface area contributed by atoms with Crippen LogP contribution in [0.4, 0.5) is 4.39 Å². The van der Waals surface area contributed by atoms with Crippen molar-refractivity contribution >= 4 is 5.91 Å². The van der Waals surface area contributed by atoms with Crippen LogP contribution in [0.1, 0.15) is 25.2 Å². The lowest BCUT2D eigenvalue weighted by Gasteiger charge is -2.21. The summed E-state index contributed by atoms with van der Waals surface area (Å²) in [6.45, 7) is 1.61. The zero-order chi connectivity index (χ0) is 16.1. The number of nitrogens with zero attached hydrogens (tertiary/aromatic N) is 2. The van der Waals surface area contributed by atoms with Gasteiger partial charge in [0.1, 0.15) is 5.82 Å². The molecule has 0 radical (unpaired) electrons. The molecule has 2 heterocycles. The molecule has 0 spiro atoms. The summed E-state index contributed by atoms with van der Waals surface area (Å²) in [5.41, 5.74) is 0.659. The molecule has 1 aliphatic rings. The fourth-order valence-corrected chi connectivity index (χ4v) is 2.52. The second-order valence-corrected chi connectivity index (χ2v) is 5.58. The van der Waals surface area contributed by atoms with Gasteiger partial charge in [0.25, 0.3) is 0 Å². The van der Waals surface area contributed by atoms with E-state index in [1.165, 1.54) is 12.1 Å². The summed E-state index contributed by atoms with van der Waals surface area (Å²) in [5, 5.41) is 6.60. The Morgan fingerprint density at radius 1 is 1.35 bits per heavy atom. The maximum absolute atomic E-state index is 12.9. The standard InChI is InChI=1S/C16H18FN3O3/c17-13-5-3-12(4-6-13)16-19-15(23-20-16)9-18-14(21)8-11-2-1-7-22-10-11/h3-6,11H,1-2,7-10H2,(H,18,21)/t11-/m1/s1. The first-order valence-electron chi connectivity index (χ1n) is 7.63. The van der Waals surface area contributed by atoms with Gasteiger partial charge in [0.2, 0.25) is 17.6 Å². The highest BCUT2D eigenvalue weighted by Crippen LogP contribution is 2.18. The van der Waals surface area contributed by atoms with E-state index < -0.39 is 0 Å². The summed E-state index contributed by atoms with van der Waals surface area (Å²) in [4.78, 5) is 16.1. The van der Waals surface area contributed by atoms with Crippen LogP contribution in [0, 0.1) is 11.7 Å². The number of amides is 1. The van der Waals surface area contributed by atoms with Gasteiger partial charge < -0.3 is 14.6 Å². The lowest BCUT2D eigenvalue weighted by atomic mass is 9.98. The number of aromatic nitrogens is 2.